The molecule has 130 valence electrons. The summed E-state index contributed by atoms with van der Waals surface area (Å²) in [6.45, 7) is 4.24. The Balaban J connectivity index is 2.06. The van der Waals surface area contributed by atoms with Gasteiger partial charge >= 0.3 is 6.03 Å². The Morgan fingerprint density at radius 3 is 2.88 bits per heavy atom. The van der Waals surface area contributed by atoms with Crippen molar-refractivity contribution in [1.29, 1.82) is 0 Å². The van der Waals surface area contributed by atoms with Gasteiger partial charge in [0.05, 0.1) is 5.71 Å². The molecule has 0 atom stereocenters. The number of urea groups is 1. The van der Waals surface area contributed by atoms with E-state index >= 15 is 0 Å². The van der Waals surface area contributed by atoms with Crippen molar-refractivity contribution in [2.24, 2.45) is 11.0 Å². The highest BCUT2D eigenvalue weighted by molar-refractivity contribution is 5.97. The first-order chi connectivity index (χ1) is 11.5. The Morgan fingerprint density at radius 1 is 1.42 bits per heavy atom. The highest BCUT2D eigenvalue weighted by atomic mass is 16.6. The fraction of sp³-hybridized carbons (Fsp3) is 0.444. The molecule has 0 saturated heterocycles. The third-order valence-corrected chi connectivity index (χ3v) is 4.14. The largest absolute Gasteiger partial charge is 0.391 e. The molecule has 0 unspecified atom stereocenters. The van der Waals surface area contributed by atoms with Gasteiger partial charge in [-0.1, -0.05) is 23.4 Å². The van der Waals surface area contributed by atoms with Gasteiger partial charge in [0, 0.05) is 18.3 Å². The topological polar surface area (TPSA) is 80.0 Å². The molecular formula is C18H26N4O2. The second-order valence-corrected chi connectivity index (χ2v) is 6.07. The van der Waals surface area contributed by atoms with Crippen LogP contribution >= 0.6 is 0 Å². The lowest BCUT2D eigenvalue weighted by Gasteiger charge is -2.16. The standard InChI is InChI=1S/C18H26N4O2/c1-13-8-7-11-17(20-18(23)22(3)19)16(13)12-24-21-14(2)15-9-5-4-6-10-15/h7-9,11H,4-6,10,12,19H2,1-3H3,(H,20,23). The van der Waals surface area contributed by atoms with Crippen LogP contribution in [0, 0.1) is 6.92 Å². The van der Waals surface area contributed by atoms with Crippen molar-refractivity contribution >= 4 is 17.4 Å². The summed E-state index contributed by atoms with van der Waals surface area (Å²) in [7, 11) is 1.49. The molecule has 0 fully saturated rings. The molecule has 6 nitrogen and oxygen atoms in total. The van der Waals surface area contributed by atoms with Crippen molar-refractivity contribution in [3.05, 3.63) is 41.0 Å². The molecule has 0 heterocycles. The van der Waals surface area contributed by atoms with E-state index in [0.29, 0.717) is 12.3 Å². The normalized spacial score (nSPS) is 14.8. The van der Waals surface area contributed by atoms with Crippen LogP contribution in [0.25, 0.3) is 0 Å². The maximum Gasteiger partial charge on any atom is 0.335 e. The maximum absolute atomic E-state index is 11.8. The van der Waals surface area contributed by atoms with Crippen molar-refractivity contribution in [3.63, 3.8) is 0 Å². The van der Waals surface area contributed by atoms with E-state index in [4.69, 9.17) is 10.7 Å². The first kappa shape index (κ1) is 18.0. The van der Waals surface area contributed by atoms with Crippen molar-refractivity contribution in [2.45, 2.75) is 46.1 Å². The molecule has 0 saturated carbocycles. The van der Waals surface area contributed by atoms with Crippen LogP contribution in [0.5, 0.6) is 0 Å². The molecule has 1 aliphatic rings. The lowest BCUT2D eigenvalue weighted by Crippen LogP contribution is -2.37. The summed E-state index contributed by atoms with van der Waals surface area (Å²) in [4.78, 5) is 17.3. The number of nitrogens with one attached hydrogen (secondary N) is 1. The summed E-state index contributed by atoms with van der Waals surface area (Å²) in [5.74, 6) is 5.46. The van der Waals surface area contributed by atoms with Crippen LogP contribution in [-0.2, 0) is 11.4 Å². The van der Waals surface area contributed by atoms with Gasteiger partial charge < -0.3 is 10.2 Å². The van der Waals surface area contributed by atoms with Gasteiger partial charge in [-0.05, 0) is 56.7 Å². The number of anilines is 1. The fourth-order valence-corrected chi connectivity index (χ4v) is 2.63. The summed E-state index contributed by atoms with van der Waals surface area (Å²) < 4.78 is 0. The van der Waals surface area contributed by atoms with E-state index in [1.165, 1.54) is 25.5 Å². The zero-order chi connectivity index (χ0) is 17.5. The number of allylic oxidation sites excluding steroid dienone is 2. The molecule has 0 aliphatic heterocycles. The number of rotatable bonds is 5. The summed E-state index contributed by atoms with van der Waals surface area (Å²) in [5, 5.41) is 8.02. The predicted molar refractivity (Wildman–Crippen MR) is 96.6 cm³/mol. The summed E-state index contributed by atoms with van der Waals surface area (Å²) in [5.41, 5.74) is 4.79. The Morgan fingerprint density at radius 2 is 2.21 bits per heavy atom. The highest BCUT2D eigenvalue weighted by Crippen LogP contribution is 2.22. The van der Waals surface area contributed by atoms with Crippen LogP contribution in [0.15, 0.2) is 35.0 Å². The van der Waals surface area contributed by atoms with Gasteiger partial charge in [-0.3, -0.25) is 5.01 Å². The number of carbonyl (C=O) groups is 1. The van der Waals surface area contributed by atoms with E-state index in [1.54, 1.807) is 0 Å². The van der Waals surface area contributed by atoms with Gasteiger partial charge in [-0.25, -0.2) is 10.6 Å². The van der Waals surface area contributed by atoms with Crippen molar-refractivity contribution in [2.75, 3.05) is 12.4 Å². The monoisotopic (exact) mass is 330 g/mol. The Bertz CT molecular complexity index is 650. The van der Waals surface area contributed by atoms with Crippen molar-refractivity contribution in [1.82, 2.24) is 5.01 Å². The number of hydrogen-bond acceptors (Lipinski definition) is 4. The SMILES string of the molecule is CC(=NOCc1c(C)cccc1NC(=O)N(C)N)C1=CCCCC1. The molecule has 2 amide bonds. The quantitative estimate of drug-likeness (QED) is 0.374. The number of aryl methyl sites for hydroxylation is 1. The lowest BCUT2D eigenvalue weighted by atomic mass is 9.97. The molecule has 1 aliphatic carbocycles. The number of carbonyl (C=O) groups excluding carboxylic acids is 1. The molecule has 0 aromatic heterocycles. The second-order valence-electron chi connectivity index (χ2n) is 6.07. The van der Waals surface area contributed by atoms with Gasteiger partial charge in [0.25, 0.3) is 0 Å². The molecule has 1 aromatic rings. The van der Waals surface area contributed by atoms with Gasteiger partial charge in [-0.2, -0.15) is 0 Å². The fourth-order valence-electron chi connectivity index (χ4n) is 2.63. The molecule has 0 spiro atoms. The number of nitrogens with two attached hydrogens (primary N) is 1. The van der Waals surface area contributed by atoms with Crippen LogP contribution in [0.4, 0.5) is 10.5 Å². The smallest absolute Gasteiger partial charge is 0.335 e. The van der Waals surface area contributed by atoms with Crippen LogP contribution in [-0.4, -0.2) is 23.8 Å². The Kier molecular flexibility index (Phi) is 6.37. The van der Waals surface area contributed by atoms with E-state index in [0.717, 1.165) is 34.7 Å². The second kappa shape index (κ2) is 8.49. The van der Waals surface area contributed by atoms with Crippen LogP contribution < -0.4 is 11.2 Å². The van der Waals surface area contributed by atoms with Crippen molar-refractivity contribution < 1.29 is 9.63 Å². The van der Waals surface area contributed by atoms with Gasteiger partial charge in [0.1, 0.15) is 6.61 Å². The molecule has 3 N–H and O–H groups in total. The summed E-state index contributed by atoms with van der Waals surface area (Å²) >= 11 is 0. The number of amides is 2. The number of hydrazine groups is 1. The third kappa shape index (κ3) is 4.83. The van der Waals surface area contributed by atoms with E-state index in [-0.39, 0.29) is 6.03 Å². The van der Waals surface area contributed by atoms with E-state index < -0.39 is 0 Å². The molecule has 24 heavy (non-hydrogen) atoms. The lowest BCUT2D eigenvalue weighted by molar-refractivity contribution is 0.130. The molecule has 0 radical (unpaired) electrons. The minimum Gasteiger partial charge on any atom is -0.391 e. The van der Waals surface area contributed by atoms with E-state index in [2.05, 4.69) is 16.5 Å². The Labute approximate surface area is 143 Å². The number of benzene rings is 1. The van der Waals surface area contributed by atoms with Gasteiger partial charge in [0.2, 0.25) is 0 Å². The highest BCUT2D eigenvalue weighted by Gasteiger charge is 2.12. The zero-order valence-corrected chi connectivity index (χ0v) is 14.6. The molecule has 1 aromatic carbocycles. The van der Waals surface area contributed by atoms with E-state index in [9.17, 15) is 4.79 Å². The predicted octanol–water partition coefficient (Wildman–Crippen LogP) is 3.73. The minimum absolute atomic E-state index is 0.293. The molecule has 0 bridgehead atoms. The number of nitrogens with zero attached hydrogens (tertiary/aromatic N) is 2. The number of oxime groups is 1. The summed E-state index contributed by atoms with van der Waals surface area (Å²) in [6.07, 6.45) is 6.87. The first-order valence-corrected chi connectivity index (χ1v) is 8.23. The van der Waals surface area contributed by atoms with E-state index in [1.807, 2.05) is 32.0 Å². The molecule has 2 rings (SSSR count). The number of hydrogen-bond donors (Lipinski definition) is 2. The van der Waals surface area contributed by atoms with Gasteiger partial charge in [0.15, 0.2) is 0 Å². The van der Waals surface area contributed by atoms with Crippen LogP contribution in [0.2, 0.25) is 0 Å². The maximum atomic E-state index is 11.8. The van der Waals surface area contributed by atoms with Crippen LogP contribution in [0.3, 0.4) is 0 Å². The minimum atomic E-state index is -0.381. The average Bonchev–Trinajstić information content (AvgIpc) is 2.57. The molecule has 6 heteroatoms. The Hall–Kier alpha value is -2.34. The van der Waals surface area contributed by atoms with Crippen LogP contribution in [0.1, 0.15) is 43.7 Å². The third-order valence-electron chi connectivity index (χ3n) is 4.14. The van der Waals surface area contributed by atoms with Gasteiger partial charge in [-0.15, -0.1) is 0 Å². The van der Waals surface area contributed by atoms with Crippen molar-refractivity contribution in [3.8, 4) is 0 Å². The molecular weight excluding hydrogens is 304 g/mol. The first-order valence-electron chi connectivity index (χ1n) is 8.23. The summed E-state index contributed by atoms with van der Waals surface area (Å²) in [6, 6.07) is 5.30. The average molecular weight is 330 g/mol. The zero-order valence-electron chi connectivity index (χ0n) is 14.6.